The molecule has 8 nitrogen and oxygen atoms in total. The van der Waals surface area contributed by atoms with Gasteiger partial charge in [-0.15, -0.1) is 0 Å². The number of hydrogen-bond donors (Lipinski definition) is 0. The van der Waals surface area contributed by atoms with Crippen molar-refractivity contribution in [3.05, 3.63) is 36.2 Å². The molecule has 3 heterocycles. The number of sulfonamides is 1. The Morgan fingerprint density at radius 3 is 2.64 bits per heavy atom. The van der Waals surface area contributed by atoms with Crippen LogP contribution in [0.5, 0.6) is 0 Å². The van der Waals surface area contributed by atoms with E-state index in [1.807, 2.05) is 44.4 Å². The summed E-state index contributed by atoms with van der Waals surface area (Å²) in [6, 6.07) is 9.77. The molecule has 9 heteroatoms. The average Bonchev–Trinajstić information content (AvgIpc) is 3.27. The van der Waals surface area contributed by atoms with E-state index in [1.165, 1.54) is 6.26 Å². The Labute approximate surface area is 166 Å². The Bertz CT molecular complexity index is 930. The molecule has 1 aromatic heterocycles. The van der Waals surface area contributed by atoms with Gasteiger partial charge in [0.1, 0.15) is 0 Å². The minimum Gasteiger partial charge on any atom is -0.338 e. The number of likely N-dealkylation sites (tertiary alicyclic amines) is 1. The second kappa shape index (κ2) is 7.22. The normalized spacial score (nSPS) is 26.2. The number of hydrogen-bond acceptors (Lipinski definition) is 7. The predicted octanol–water partition coefficient (Wildman–Crippen LogP) is 0.992. The summed E-state index contributed by atoms with van der Waals surface area (Å²) >= 11 is 0. The van der Waals surface area contributed by atoms with Gasteiger partial charge in [-0.05, 0) is 20.0 Å². The number of fused-ring (bicyclic) bond motifs is 1. The van der Waals surface area contributed by atoms with E-state index in [0.717, 1.165) is 25.2 Å². The molecular formula is C19H27N5O3S. The summed E-state index contributed by atoms with van der Waals surface area (Å²) < 4.78 is 31.2. The van der Waals surface area contributed by atoms with Gasteiger partial charge in [0.15, 0.2) is 0 Å². The molecule has 0 aliphatic carbocycles. The van der Waals surface area contributed by atoms with E-state index in [1.54, 1.807) is 4.31 Å². The van der Waals surface area contributed by atoms with Gasteiger partial charge in [-0.2, -0.15) is 4.98 Å². The van der Waals surface area contributed by atoms with Crippen molar-refractivity contribution in [3.63, 3.8) is 0 Å². The summed E-state index contributed by atoms with van der Waals surface area (Å²) in [6.07, 6.45) is 1.30. The first-order valence-corrected chi connectivity index (χ1v) is 11.3. The van der Waals surface area contributed by atoms with E-state index in [0.29, 0.717) is 37.3 Å². The molecule has 28 heavy (non-hydrogen) atoms. The smallest absolute Gasteiger partial charge is 0.241 e. The molecule has 2 saturated heterocycles. The largest absolute Gasteiger partial charge is 0.338 e. The van der Waals surface area contributed by atoms with Crippen molar-refractivity contribution >= 4 is 10.0 Å². The van der Waals surface area contributed by atoms with E-state index in [4.69, 9.17) is 4.52 Å². The molecule has 0 N–H and O–H groups in total. The first-order chi connectivity index (χ1) is 13.2. The molecule has 0 saturated carbocycles. The molecule has 0 bridgehead atoms. The molecule has 4 rings (SSSR count). The van der Waals surface area contributed by atoms with Crippen LogP contribution in [-0.4, -0.2) is 85.7 Å². The minimum absolute atomic E-state index is 0.0607. The predicted molar refractivity (Wildman–Crippen MR) is 106 cm³/mol. The highest BCUT2D eigenvalue weighted by Crippen LogP contribution is 2.44. The van der Waals surface area contributed by atoms with Crippen LogP contribution < -0.4 is 0 Å². The topological polar surface area (TPSA) is 82.8 Å². The number of rotatable bonds is 6. The fraction of sp³-hybridized carbons (Fsp3) is 0.579. The lowest BCUT2D eigenvalue weighted by Gasteiger charge is -2.32. The third kappa shape index (κ3) is 3.84. The molecule has 2 aliphatic rings. The zero-order valence-electron chi connectivity index (χ0n) is 16.6. The molecule has 152 valence electrons. The van der Waals surface area contributed by atoms with Crippen LogP contribution in [-0.2, 0) is 16.6 Å². The van der Waals surface area contributed by atoms with Crippen molar-refractivity contribution < 1.29 is 12.9 Å². The van der Waals surface area contributed by atoms with E-state index in [9.17, 15) is 8.42 Å². The summed E-state index contributed by atoms with van der Waals surface area (Å²) in [5.41, 5.74) is 0.873. The van der Waals surface area contributed by atoms with Gasteiger partial charge < -0.3 is 9.42 Å². The van der Waals surface area contributed by atoms with Crippen molar-refractivity contribution in [1.82, 2.24) is 24.2 Å². The number of aromatic nitrogens is 2. The van der Waals surface area contributed by atoms with Crippen LogP contribution in [0.1, 0.15) is 5.89 Å². The van der Waals surface area contributed by atoms with Crippen molar-refractivity contribution in [2.75, 3.05) is 53.1 Å². The van der Waals surface area contributed by atoms with E-state index in [2.05, 4.69) is 19.9 Å². The van der Waals surface area contributed by atoms with Gasteiger partial charge in [-0.3, -0.25) is 4.90 Å². The maximum Gasteiger partial charge on any atom is 0.241 e. The molecule has 2 aromatic rings. The molecule has 0 amide bonds. The highest BCUT2D eigenvalue weighted by atomic mass is 32.2. The molecular weight excluding hydrogens is 378 g/mol. The molecule has 2 atom stereocenters. The van der Waals surface area contributed by atoms with Gasteiger partial charge in [-0.1, -0.05) is 35.5 Å². The van der Waals surface area contributed by atoms with Gasteiger partial charge in [0.25, 0.3) is 0 Å². The molecule has 1 aromatic carbocycles. The molecule has 0 unspecified atom stereocenters. The third-order valence-corrected chi connectivity index (χ3v) is 6.97. The van der Waals surface area contributed by atoms with Crippen molar-refractivity contribution in [2.45, 2.75) is 6.54 Å². The minimum atomic E-state index is -3.17. The summed E-state index contributed by atoms with van der Waals surface area (Å²) in [7, 11) is 0.920. The third-order valence-electron chi connectivity index (χ3n) is 5.76. The zero-order valence-corrected chi connectivity index (χ0v) is 17.4. The van der Waals surface area contributed by atoms with Crippen LogP contribution in [0, 0.1) is 11.3 Å². The summed E-state index contributed by atoms with van der Waals surface area (Å²) in [4.78, 5) is 9.01. The maximum absolute atomic E-state index is 12.1. The van der Waals surface area contributed by atoms with Gasteiger partial charge in [-0.25, -0.2) is 12.7 Å². The Morgan fingerprint density at radius 2 is 1.96 bits per heavy atom. The Morgan fingerprint density at radius 1 is 1.21 bits per heavy atom. The molecule has 0 radical (unpaired) electrons. The second-order valence-corrected chi connectivity index (χ2v) is 10.4. The van der Waals surface area contributed by atoms with Gasteiger partial charge in [0.2, 0.25) is 21.7 Å². The lowest BCUT2D eigenvalue weighted by atomic mass is 9.80. The lowest BCUT2D eigenvalue weighted by Crippen LogP contribution is -2.42. The highest BCUT2D eigenvalue weighted by molar-refractivity contribution is 7.88. The van der Waals surface area contributed by atoms with E-state index < -0.39 is 10.0 Å². The first-order valence-electron chi connectivity index (χ1n) is 9.45. The van der Waals surface area contributed by atoms with Crippen LogP contribution in [0.15, 0.2) is 34.9 Å². The second-order valence-electron chi connectivity index (χ2n) is 8.40. The van der Waals surface area contributed by atoms with E-state index in [-0.39, 0.29) is 5.41 Å². The number of benzene rings is 1. The highest BCUT2D eigenvalue weighted by Gasteiger charge is 2.54. The Hall–Kier alpha value is -1.81. The van der Waals surface area contributed by atoms with Crippen molar-refractivity contribution in [1.29, 1.82) is 0 Å². The van der Waals surface area contributed by atoms with Crippen LogP contribution in [0.2, 0.25) is 0 Å². The summed E-state index contributed by atoms with van der Waals surface area (Å²) in [5, 5.41) is 4.10. The maximum atomic E-state index is 12.1. The van der Waals surface area contributed by atoms with Gasteiger partial charge in [0, 0.05) is 43.7 Å². The van der Waals surface area contributed by atoms with Crippen LogP contribution >= 0.6 is 0 Å². The average molecular weight is 406 g/mol. The number of nitrogens with zero attached hydrogens (tertiary/aromatic N) is 5. The lowest BCUT2D eigenvalue weighted by molar-refractivity contribution is 0.173. The fourth-order valence-corrected chi connectivity index (χ4v) is 5.63. The first kappa shape index (κ1) is 19.5. The van der Waals surface area contributed by atoms with Crippen LogP contribution in [0.25, 0.3) is 11.4 Å². The molecule has 2 aliphatic heterocycles. The molecule has 2 fully saturated rings. The van der Waals surface area contributed by atoms with Crippen molar-refractivity contribution in [2.24, 2.45) is 11.3 Å². The fourth-order valence-electron chi connectivity index (χ4n) is 4.68. The monoisotopic (exact) mass is 405 g/mol. The summed E-state index contributed by atoms with van der Waals surface area (Å²) in [6.45, 7) is 4.27. The molecule has 0 spiro atoms. The van der Waals surface area contributed by atoms with Crippen LogP contribution in [0.3, 0.4) is 0 Å². The standard InChI is InChI=1S/C19H27N5O3S/c1-22(2)12-19-13-23(9-16(19)10-24(14-19)28(3,25)26)11-17-20-18(21-27-17)15-7-5-4-6-8-15/h4-8,16H,9-14H2,1-3H3/t16-,19+/m0/s1. The Balaban J connectivity index is 1.48. The SMILES string of the molecule is CN(C)C[C@]12CN(Cc3nc(-c4ccccc4)no3)C[C@H]1CN(S(C)(=O)=O)C2. The zero-order chi connectivity index (χ0) is 19.9. The quantitative estimate of drug-likeness (QED) is 0.709. The summed E-state index contributed by atoms with van der Waals surface area (Å²) in [5.74, 6) is 1.50. The van der Waals surface area contributed by atoms with Crippen LogP contribution in [0.4, 0.5) is 0 Å². The van der Waals surface area contributed by atoms with Crippen molar-refractivity contribution in [3.8, 4) is 11.4 Å². The van der Waals surface area contributed by atoms with E-state index >= 15 is 0 Å². The Kier molecular flexibility index (Phi) is 5.03. The van der Waals surface area contributed by atoms with Gasteiger partial charge >= 0.3 is 0 Å². The van der Waals surface area contributed by atoms with Gasteiger partial charge in [0.05, 0.1) is 12.8 Å².